The van der Waals surface area contributed by atoms with Crippen LogP contribution < -0.4 is 0 Å². The van der Waals surface area contributed by atoms with E-state index < -0.39 is 0 Å². The molecule has 0 spiro atoms. The molecule has 7 unspecified atom stereocenters. The van der Waals surface area contributed by atoms with Gasteiger partial charge in [-0.15, -0.1) is 0 Å². The van der Waals surface area contributed by atoms with Crippen molar-refractivity contribution in [3.63, 3.8) is 0 Å². The molecule has 0 aromatic heterocycles. The Morgan fingerprint density at radius 1 is 1.00 bits per heavy atom. The summed E-state index contributed by atoms with van der Waals surface area (Å²) < 4.78 is 0. The molecule has 0 aromatic carbocycles. The van der Waals surface area contributed by atoms with E-state index in [2.05, 4.69) is 32.9 Å². The second-order valence-electron chi connectivity index (χ2n) is 9.84. The lowest BCUT2D eigenvalue weighted by Gasteiger charge is -2.60. The molecular formula is C22H36O. The molecule has 0 saturated heterocycles. The van der Waals surface area contributed by atoms with Gasteiger partial charge in [0.2, 0.25) is 0 Å². The van der Waals surface area contributed by atoms with Crippen LogP contribution >= 0.6 is 0 Å². The Balaban J connectivity index is 1.64. The Bertz CT molecular complexity index is 496. The lowest BCUT2D eigenvalue weighted by Crippen LogP contribution is -2.55. The molecule has 0 aliphatic heterocycles. The minimum absolute atomic E-state index is 0.192. The van der Waals surface area contributed by atoms with E-state index in [-0.39, 0.29) is 11.0 Å². The molecule has 0 bridgehead atoms. The van der Waals surface area contributed by atoms with E-state index in [4.69, 9.17) is 0 Å². The van der Waals surface area contributed by atoms with Crippen LogP contribution in [0.2, 0.25) is 0 Å². The van der Waals surface area contributed by atoms with Crippen LogP contribution in [0, 0.1) is 34.5 Å². The van der Waals surface area contributed by atoms with Gasteiger partial charge in [-0.1, -0.05) is 39.3 Å². The molecule has 0 heterocycles. The highest BCUT2D eigenvalue weighted by molar-refractivity contribution is 5.15. The first-order valence-corrected chi connectivity index (χ1v) is 10.3. The van der Waals surface area contributed by atoms with E-state index in [1.54, 1.807) is 0 Å². The molecule has 23 heavy (non-hydrogen) atoms. The molecule has 1 heteroatoms. The number of rotatable bonds is 2. The van der Waals surface area contributed by atoms with Crippen molar-refractivity contribution in [1.29, 1.82) is 0 Å². The number of hydrogen-bond acceptors (Lipinski definition) is 1. The van der Waals surface area contributed by atoms with Gasteiger partial charge in [-0.2, -0.15) is 0 Å². The fourth-order valence-corrected chi connectivity index (χ4v) is 7.77. The third-order valence-electron chi connectivity index (χ3n) is 9.20. The van der Waals surface area contributed by atoms with E-state index >= 15 is 0 Å². The van der Waals surface area contributed by atoms with Gasteiger partial charge in [0.15, 0.2) is 0 Å². The summed E-state index contributed by atoms with van der Waals surface area (Å²) in [7, 11) is 0. The lowest BCUT2D eigenvalue weighted by molar-refractivity contribution is -0.147. The highest BCUT2D eigenvalue weighted by atomic mass is 16.3. The second kappa shape index (κ2) is 5.35. The van der Waals surface area contributed by atoms with E-state index in [0.29, 0.717) is 5.41 Å². The molecule has 3 saturated carbocycles. The van der Waals surface area contributed by atoms with Gasteiger partial charge in [0, 0.05) is 0 Å². The van der Waals surface area contributed by atoms with Crippen LogP contribution in [-0.4, -0.2) is 10.7 Å². The van der Waals surface area contributed by atoms with Crippen LogP contribution in [0.5, 0.6) is 0 Å². The molecular weight excluding hydrogens is 280 g/mol. The lowest BCUT2D eigenvalue weighted by atomic mass is 9.45. The minimum Gasteiger partial charge on any atom is -0.389 e. The second-order valence-corrected chi connectivity index (χ2v) is 9.84. The van der Waals surface area contributed by atoms with Gasteiger partial charge in [-0.05, 0) is 92.3 Å². The number of aliphatic hydroxyl groups is 1. The van der Waals surface area contributed by atoms with Crippen LogP contribution in [0.15, 0.2) is 12.2 Å². The van der Waals surface area contributed by atoms with Gasteiger partial charge in [0.25, 0.3) is 0 Å². The first kappa shape index (κ1) is 16.2. The molecule has 0 aromatic rings. The fourth-order valence-electron chi connectivity index (χ4n) is 7.77. The Labute approximate surface area is 142 Å². The normalized spacial score (nSPS) is 55.1. The smallest absolute Gasteiger partial charge is 0.0703 e. The largest absolute Gasteiger partial charge is 0.389 e. The van der Waals surface area contributed by atoms with Crippen molar-refractivity contribution in [3.8, 4) is 0 Å². The maximum Gasteiger partial charge on any atom is 0.0703 e. The van der Waals surface area contributed by atoms with Gasteiger partial charge in [0.05, 0.1) is 5.60 Å². The predicted molar refractivity (Wildman–Crippen MR) is 96.1 cm³/mol. The third kappa shape index (κ3) is 2.08. The predicted octanol–water partition coefficient (Wildman–Crippen LogP) is 5.73. The van der Waals surface area contributed by atoms with Crippen LogP contribution in [0.25, 0.3) is 0 Å². The maximum atomic E-state index is 11.4. The van der Waals surface area contributed by atoms with Crippen molar-refractivity contribution in [2.24, 2.45) is 34.5 Å². The summed E-state index contributed by atoms with van der Waals surface area (Å²) in [4.78, 5) is 0. The maximum absolute atomic E-state index is 11.4. The summed E-state index contributed by atoms with van der Waals surface area (Å²) in [5, 5.41) is 11.4. The zero-order chi connectivity index (χ0) is 16.3. The molecule has 0 amide bonds. The first-order chi connectivity index (χ1) is 10.9. The van der Waals surface area contributed by atoms with Crippen molar-refractivity contribution in [1.82, 2.24) is 0 Å². The van der Waals surface area contributed by atoms with Gasteiger partial charge < -0.3 is 5.11 Å². The summed E-state index contributed by atoms with van der Waals surface area (Å²) in [6.07, 6.45) is 17.5. The van der Waals surface area contributed by atoms with Crippen molar-refractivity contribution in [2.45, 2.75) is 90.6 Å². The average molecular weight is 317 g/mol. The number of hydrogen-bond donors (Lipinski definition) is 1. The molecule has 130 valence electrons. The number of allylic oxidation sites excluding steroid dienone is 2. The topological polar surface area (TPSA) is 20.2 Å². The van der Waals surface area contributed by atoms with Gasteiger partial charge in [-0.25, -0.2) is 0 Å². The van der Waals surface area contributed by atoms with Crippen molar-refractivity contribution < 1.29 is 5.11 Å². The molecule has 4 aliphatic rings. The van der Waals surface area contributed by atoms with Crippen molar-refractivity contribution >= 4 is 0 Å². The highest BCUT2D eigenvalue weighted by Crippen LogP contribution is 2.68. The monoisotopic (exact) mass is 316 g/mol. The van der Waals surface area contributed by atoms with E-state index in [1.165, 1.54) is 44.9 Å². The zero-order valence-electron chi connectivity index (χ0n) is 15.5. The zero-order valence-corrected chi connectivity index (χ0v) is 15.5. The SMILES string of the molecule is CCCC1(O)CCC2C3CCC4CC=CCC4(C)C3CCC21C. The Morgan fingerprint density at radius 2 is 1.78 bits per heavy atom. The van der Waals surface area contributed by atoms with Crippen LogP contribution in [0.4, 0.5) is 0 Å². The van der Waals surface area contributed by atoms with Crippen LogP contribution in [0.1, 0.15) is 85.0 Å². The molecule has 1 N–H and O–H groups in total. The third-order valence-corrected chi connectivity index (χ3v) is 9.20. The Morgan fingerprint density at radius 3 is 2.57 bits per heavy atom. The quantitative estimate of drug-likeness (QED) is 0.645. The summed E-state index contributed by atoms with van der Waals surface area (Å²) in [5.41, 5.74) is 0.365. The molecule has 3 fully saturated rings. The molecule has 4 rings (SSSR count). The van der Waals surface area contributed by atoms with E-state index in [0.717, 1.165) is 42.9 Å². The Kier molecular flexibility index (Phi) is 3.76. The fraction of sp³-hybridized carbons (Fsp3) is 0.909. The Hall–Kier alpha value is -0.300. The molecule has 1 nitrogen and oxygen atoms in total. The summed E-state index contributed by atoms with van der Waals surface area (Å²) in [6, 6.07) is 0. The van der Waals surface area contributed by atoms with E-state index in [1.807, 2.05) is 0 Å². The highest BCUT2D eigenvalue weighted by Gasteiger charge is 2.63. The van der Waals surface area contributed by atoms with Gasteiger partial charge >= 0.3 is 0 Å². The summed E-state index contributed by atoms with van der Waals surface area (Å²) in [6.45, 7) is 7.29. The van der Waals surface area contributed by atoms with Crippen molar-refractivity contribution in [2.75, 3.05) is 0 Å². The summed E-state index contributed by atoms with van der Waals surface area (Å²) in [5.74, 6) is 3.50. The first-order valence-electron chi connectivity index (χ1n) is 10.3. The van der Waals surface area contributed by atoms with Gasteiger partial charge in [-0.3, -0.25) is 0 Å². The number of fused-ring (bicyclic) bond motifs is 5. The standard InChI is InChI=1S/C22H36O/c1-4-12-22(23)15-11-19-17-9-8-16-7-5-6-13-20(16,2)18(17)10-14-21(19,22)3/h5-6,16-19,23H,4,7-15H2,1-3H3. The molecule has 0 radical (unpaired) electrons. The molecule has 7 atom stereocenters. The molecule has 4 aliphatic carbocycles. The minimum atomic E-state index is -0.373. The average Bonchev–Trinajstić information content (AvgIpc) is 2.79. The summed E-state index contributed by atoms with van der Waals surface area (Å²) >= 11 is 0. The van der Waals surface area contributed by atoms with Gasteiger partial charge in [0.1, 0.15) is 0 Å². The van der Waals surface area contributed by atoms with Crippen LogP contribution in [0.3, 0.4) is 0 Å². The van der Waals surface area contributed by atoms with Crippen LogP contribution in [-0.2, 0) is 0 Å². The van der Waals surface area contributed by atoms with Crippen molar-refractivity contribution in [3.05, 3.63) is 12.2 Å². The van der Waals surface area contributed by atoms with E-state index in [9.17, 15) is 5.11 Å².